The van der Waals surface area contributed by atoms with Crippen LogP contribution < -0.4 is 0 Å². The molecule has 0 bridgehead atoms. The van der Waals surface area contributed by atoms with E-state index in [9.17, 15) is 0 Å². The lowest BCUT2D eigenvalue weighted by Crippen LogP contribution is -2.45. The smallest absolute Gasteiger partial charge is 0.400 e. The van der Waals surface area contributed by atoms with Crippen LogP contribution in [0.2, 0.25) is 0 Å². The van der Waals surface area contributed by atoms with Crippen LogP contribution in [0.4, 0.5) is 0 Å². The van der Waals surface area contributed by atoms with Crippen molar-refractivity contribution in [1.82, 2.24) is 4.67 Å². The lowest BCUT2D eigenvalue weighted by molar-refractivity contribution is 0.00578. The van der Waals surface area contributed by atoms with E-state index in [1.54, 1.807) is 0 Å². The van der Waals surface area contributed by atoms with Crippen LogP contribution >= 0.6 is 9.39 Å². The molecule has 1 aliphatic rings. The Kier molecular flexibility index (Phi) is 6.35. The summed E-state index contributed by atoms with van der Waals surface area (Å²) >= 11 is 0. The molecule has 2 unspecified atom stereocenters. The maximum Gasteiger partial charge on any atom is 0.491 e. The molecule has 22 heavy (non-hydrogen) atoms. The van der Waals surface area contributed by atoms with Crippen molar-refractivity contribution < 1.29 is 9.31 Å². The molecule has 0 amide bonds. The average Bonchev–Trinajstić information content (AvgIpc) is 2.62. The topological polar surface area (TPSA) is 21.7 Å². The molecule has 0 aliphatic carbocycles. The van der Waals surface area contributed by atoms with Gasteiger partial charge in [-0.3, -0.25) is 4.67 Å². The molecule has 1 heterocycles. The van der Waals surface area contributed by atoms with Crippen LogP contribution in [0.3, 0.4) is 0 Å². The molecule has 0 saturated carbocycles. The van der Waals surface area contributed by atoms with Crippen LogP contribution in [-0.2, 0) is 9.31 Å². The van der Waals surface area contributed by atoms with E-state index < -0.39 is 0 Å². The average molecular weight is 327 g/mol. The summed E-state index contributed by atoms with van der Waals surface area (Å²) < 4.78 is 14.9. The Bertz CT molecular complexity index is 405. The van der Waals surface area contributed by atoms with Gasteiger partial charge in [0.1, 0.15) is 0 Å². The number of hydrogen-bond acceptors (Lipinski definition) is 3. The van der Waals surface area contributed by atoms with Gasteiger partial charge in [0.05, 0.1) is 11.2 Å². The summed E-state index contributed by atoms with van der Waals surface area (Å²) in [7, 11) is 2.63. The minimum absolute atomic E-state index is 0.112. The highest BCUT2D eigenvalue weighted by Crippen LogP contribution is 2.40. The second-order valence-electron chi connectivity index (χ2n) is 7.95. The van der Waals surface area contributed by atoms with E-state index in [0.717, 1.165) is 12.8 Å². The van der Waals surface area contributed by atoms with Crippen LogP contribution in [0.15, 0.2) is 11.5 Å². The molecule has 0 aromatic carbocycles. The first-order chi connectivity index (χ1) is 9.89. The third kappa shape index (κ3) is 3.95. The summed E-state index contributed by atoms with van der Waals surface area (Å²) in [4.78, 5) is 0. The fourth-order valence-electron chi connectivity index (χ4n) is 2.55. The molecular weight excluding hydrogens is 292 g/mol. The molecule has 5 heteroatoms. The summed E-state index contributed by atoms with van der Waals surface area (Å²) in [6, 6.07) is 0.245. The molecule has 0 spiro atoms. The Balaban J connectivity index is 3.04. The van der Waals surface area contributed by atoms with Crippen molar-refractivity contribution in [2.24, 2.45) is 0 Å². The van der Waals surface area contributed by atoms with Crippen molar-refractivity contribution in [1.29, 1.82) is 0 Å². The Morgan fingerprint density at radius 3 is 2.00 bits per heavy atom. The summed E-state index contributed by atoms with van der Waals surface area (Å²) in [5.41, 5.74) is 0.741. The molecule has 2 atom stereocenters. The highest BCUT2D eigenvalue weighted by Gasteiger charge is 2.53. The second-order valence-corrected chi connectivity index (χ2v) is 8.51. The third-order valence-corrected chi connectivity index (χ3v) is 6.58. The molecule has 1 fully saturated rings. The summed E-state index contributed by atoms with van der Waals surface area (Å²) in [5, 5.41) is 0. The maximum absolute atomic E-state index is 6.27. The van der Waals surface area contributed by atoms with Crippen molar-refractivity contribution in [3.8, 4) is 0 Å². The largest absolute Gasteiger partial charge is 0.491 e. The van der Waals surface area contributed by atoms with Gasteiger partial charge in [-0.15, -0.1) is 0 Å². The predicted octanol–water partition coefficient (Wildman–Crippen LogP) is 4.62. The summed E-state index contributed by atoms with van der Waals surface area (Å²) in [5.74, 6) is 0. The van der Waals surface area contributed by atoms with Gasteiger partial charge < -0.3 is 9.31 Å². The van der Waals surface area contributed by atoms with Gasteiger partial charge in [0, 0.05) is 11.6 Å². The predicted molar refractivity (Wildman–Crippen MR) is 99.8 cm³/mol. The number of rotatable bonds is 6. The minimum Gasteiger partial charge on any atom is -0.400 e. The van der Waals surface area contributed by atoms with Gasteiger partial charge in [0.2, 0.25) is 0 Å². The minimum atomic E-state index is -0.295. The van der Waals surface area contributed by atoms with E-state index in [1.165, 1.54) is 5.47 Å². The second kappa shape index (κ2) is 6.93. The lowest BCUT2D eigenvalue weighted by Gasteiger charge is -2.40. The molecule has 0 radical (unpaired) electrons. The van der Waals surface area contributed by atoms with Gasteiger partial charge in [-0.25, -0.2) is 0 Å². The third-order valence-electron chi connectivity index (χ3n) is 5.43. The number of allylic oxidation sites excluding steroid dienone is 1. The molecule has 128 valence electrons. The fraction of sp³-hybridized carbons (Fsp3) is 0.882. The molecule has 1 rings (SSSR count). The highest BCUT2D eigenvalue weighted by molar-refractivity contribution is 7.13. The van der Waals surface area contributed by atoms with Gasteiger partial charge in [0.25, 0.3) is 0 Å². The van der Waals surface area contributed by atoms with E-state index in [-0.39, 0.29) is 29.9 Å². The van der Waals surface area contributed by atoms with Gasteiger partial charge in [-0.2, -0.15) is 0 Å². The molecule has 3 nitrogen and oxygen atoms in total. The first-order valence-corrected chi connectivity index (χ1v) is 9.01. The van der Waals surface area contributed by atoms with E-state index in [4.69, 9.17) is 9.31 Å². The SMILES string of the molecule is CC/C=C(/B1OC(C)(C)C(C)(C)O1)C(C)N(P)C(C)(C)CC. The molecule has 0 aromatic rings. The quantitative estimate of drug-likeness (QED) is 0.525. The van der Waals surface area contributed by atoms with Crippen LogP contribution in [-0.4, -0.2) is 34.6 Å². The van der Waals surface area contributed by atoms with Crippen LogP contribution in [0.25, 0.3) is 0 Å². The van der Waals surface area contributed by atoms with E-state index in [1.807, 2.05) is 0 Å². The molecular formula is C17H35BNO2P. The number of nitrogens with zero attached hydrogens (tertiary/aromatic N) is 1. The van der Waals surface area contributed by atoms with E-state index >= 15 is 0 Å². The first-order valence-electron chi connectivity index (χ1n) is 8.49. The highest BCUT2D eigenvalue weighted by atomic mass is 31.0. The molecule has 1 aliphatic heterocycles. The van der Waals surface area contributed by atoms with Crippen molar-refractivity contribution in [2.45, 2.75) is 97.9 Å². The zero-order valence-electron chi connectivity index (χ0n) is 16.0. The van der Waals surface area contributed by atoms with Gasteiger partial charge in [-0.1, -0.05) is 29.3 Å². The van der Waals surface area contributed by atoms with E-state index in [2.05, 4.69) is 82.5 Å². The van der Waals surface area contributed by atoms with Crippen molar-refractivity contribution >= 4 is 16.5 Å². The van der Waals surface area contributed by atoms with E-state index in [0.29, 0.717) is 0 Å². The molecule has 0 N–H and O–H groups in total. The van der Waals surface area contributed by atoms with Crippen LogP contribution in [0, 0.1) is 0 Å². The molecule has 1 saturated heterocycles. The van der Waals surface area contributed by atoms with Crippen molar-refractivity contribution in [3.63, 3.8) is 0 Å². The summed E-state index contributed by atoms with van der Waals surface area (Å²) in [6.07, 6.45) is 4.33. The fourth-order valence-corrected chi connectivity index (χ4v) is 2.90. The molecule has 0 aromatic heterocycles. The monoisotopic (exact) mass is 327 g/mol. The first kappa shape index (κ1) is 20.2. The Morgan fingerprint density at radius 2 is 1.64 bits per heavy atom. The van der Waals surface area contributed by atoms with Gasteiger partial charge in [0.15, 0.2) is 0 Å². The Morgan fingerprint density at radius 1 is 1.18 bits per heavy atom. The zero-order chi connectivity index (χ0) is 17.3. The van der Waals surface area contributed by atoms with Gasteiger partial charge >= 0.3 is 7.12 Å². The lowest BCUT2D eigenvalue weighted by atomic mass is 9.73. The zero-order valence-corrected chi connectivity index (χ0v) is 17.1. The Hall–Kier alpha value is 0.115. The maximum atomic E-state index is 6.27. The van der Waals surface area contributed by atoms with Crippen molar-refractivity contribution in [3.05, 3.63) is 11.5 Å². The van der Waals surface area contributed by atoms with Crippen molar-refractivity contribution in [2.75, 3.05) is 0 Å². The summed E-state index contributed by atoms with van der Waals surface area (Å²) in [6.45, 7) is 19.6. The Labute approximate surface area is 140 Å². The standard InChI is InChI=1S/C17H35BNO2P/c1-10-12-14(13(3)19(22)15(4,5)11-2)18-20-16(6,7)17(8,9)21-18/h12-13H,10-11,22H2,1-9H3/b14-12+. The van der Waals surface area contributed by atoms with Gasteiger partial charge in [-0.05, 0) is 66.8 Å². The normalized spacial score (nSPS) is 23.2. The van der Waals surface area contributed by atoms with Crippen LogP contribution in [0.5, 0.6) is 0 Å². The van der Waals surface area contributed by atoms with Crippen LogP contribution in [0.1, 0.15) is 75.2 Å². The number of hydrogen-bond donors (Lipinski definition) is 0.